The molecular formula is C27H34N6OS. The molecule has 0 aromatic carbocycles. The number of carbonyl (C=O) groups excluding carboxylic acids is 1. The van der Waals surface area contributed by atoms with Crippen LogP contribution in [-0.4, -0.2) is 49.5 Å². The zero-order chi connectivity index (χ0) is 24.6. The molecule has 4 aromatic heterocycles. The molecule has 3 atom stereocenters. The first-order valence-electron chi connectivity index (χ1n) is 12.7. The van der Waals surface area contributed by atoms with E-state index in [1.54, 1.807) is 6.33 Å². The molecule has 7 rings (SSSR count). The first-order chi connectivity index (χ1) is 16.7. The Labute approximate surface area is 209 Å². The van der Waals surface area contributed by atoms with Gasteiger partial charge in [-0.05, 0) is 80.0 Å². The predicted molar refractivity (Wildman–Crippen MR) is 141 cm³/mol. The third-order valence-corrected chi connectivity index (χ3v) is 9.92. The highest BCUT2D eigenvalue weighted by molar-refractivity contribution is 7.19. The lowest BCUT2D eigenvalue weighted by molar-refractivity contribution is -0.121. The molecule has 1 aliphatic carbocycles. The molecule has 35 heavy (non-hydrogen) atoms. The van der Waals surface area contributed by atoms with Crippen LogP contribution in [-0.2, 0) is 4.79 Å². The van der Waals surface area contributed by atoms with E-state index < -0.39 is 0 Å². The van der Waals surface area contributed by atoms with Crippen molar-refractivity contribution in [3.8, 4) is 11.3 Å². The SMILES string of the molecule is Cc1c(-c2[nH]c3sc([C@H]4CC5CC[C@H]4CN5CC(N)=O)c(C)c3c2C(C)C)cn2ncnc2c1C. The fourth-order valence-electron chi connectivity index (χ4n) is 6.77. The zero-order valence-corrected chi connectivity index (χ0v) is 22.0. The van der Waals surface area contributed by atoms with Crippen molar-refractivity contribution in [2.75, 3.05) is 13.1 Å². The zero-order valence-electron chi connectivity index (χ0n) is 21.2. The van der Waals surface area contributed by atoms with Gasteiger partial charge in [-0.3, -0.25) is 9.69 Å². The number of H-pyrrole nitrogens is 1. The molecule has 184 valence electrons. The number of aromatic nitrogens is 4. The molecule has 2 bridgehead atoms. The van der Waals surface area contributed by atoms with Gasteiger partial charge in [-0.15, -0.1) is 11.3 Å². The largest absolute Gasteiger partial charge is 0.369 e. The molecule has 1 saturated carbocycles. The summed E-state index contributed by atoms with van der Waals surface area (Å²) >= 11 is 1.95. The van der Waals surface area contributed by atoms with Crippen LogP contribution in [0.15, 0.2) is 12.5 Å². The molecule has 0 radical (unpaired) electrons. The van der Waals surface area contributed by atoms with Gasteiger partial charge in [0.25, 0.3) is 0 Å². The van der Waals surface area contributed by atoms with Gasteiger partial charge in [-0.25, -0.2) is 9.50 Å². The molecule has 8 heteroatoms. The van der Waals surface area contributed by atoms with Gasteiger partial charge in [0.1, 0.15) is 11.2 Å². The Bertz CT molecular complexity index is 1460. The minimum Gasteiger partial charge on any atom is -0.369 e. The summed E-state index contributed by atoms with van der Waals surface area (Å²) in [6, 6.07) is 0.470. The summed E-state index contributed by atoms with van der Waals surface area (Å²) in [6.45, 7) is 12.6. The van der Waals surface area contributed by atoms with E-state index in [-0.39, 0.29) is 5.91 Å². The number of piperidine rings is 2. The Morgan fingerprint density at radius 3 is 2.71 bits per heavy atom. The van der Waals surface area contributed by atoms with Crippen LogP contribution in [0.4, 0.5) is 0 Å². The van der Waals surface area contributed by atoms with Crippen LogP contribution in [0.2, 0.25) is 0 Å². The van der Waals surface area contributed by atoms with Gasteiger partial charge in [0.15, 0.2) is 5.65 Å². The number of nitrogens with one attached hydrogen (secondary N) is 1. The summed E-state index contributed by atoms with van der Waals surface area (Å²) in [7, 11) is 0. The van der Waals surface area contributed by atoms with E-state index in [4.69, 9.17) is 5.73 Å². The number of fused-ring (bicyclic) bond motifs is 5. The van der Waals surface area contributed by atoms with E-state index in [0.717, 1.165) is 18.6 Å². The van der Waals surface area contributed by atoms with E-state index >= 15 is 0 Å². The molecule has 3 N–H and O–H groups in total. The second-order valence-electron chi connectivity index (χ2n) is 10.9. The number of nitrogens with zero attached hydrogens (tertiary/aromatic N) is 4. The number of carbonyl (C=O) groups is 1. The van der Waals surface area contributed by atoms with E-state index in [1.165, 1.54) is 61.4 Å². The Morgan fingerprint density at radius 1 is 1.23 bits per heavy atom. The molecule has 1 unspecified atom stereocenters. The number of pyridine rings is 1. The van der Waals surface area contributed by atoms with Crippen molar-refractivity contribution >= 4 is 33.1 Å². The van der Waals surface area contributed by atoms with Gasteiger partial charge < -0.3 is 10.7 Å². The smallest absolute Gasteiger partial charge is 0.231 e. The summed E-state index contributed by atoms with van der Waals surface area (Å²) < 4.78 is 1.89. The Balaban J connectivity index is 1.44. The molecular weight excluding hydrogens is 456 g/mol. The maximum absolute atomic E-state index is 11.6. The Morgan fingerprint density at radius 2 is 2.03 bits per heavy atom. The summed E-state index contributed by atoms with van der Waals surface area (Å²) in [4.78, 5) is 25.0. The molecule has 4 aromatic rings. The minimum absolute atomic E-state index is 0.210. The van der Waals surface area contributed by atoms with Crippen LogP contribution in [0, 0.1) is 26.7 Å². The van der Waals surface area contributed by atoms with Crippen LogP contribution < -0.4 is 5.73 Å². The van der Waals surface area contributed by atoms with Crippen LogP contribution in [0.5, 0.6) is 0 Å². The molecule has 1 amide bonds. The van der Waals surface area contributed by atoms with Gasteiger partial charge in [0.2, 0.25) is 5.91 Å². The van der Waals surface area contributed by atoms with E-state index in [9.17, 15) is 4.79 Å². The highest BCUT2D eigenvalue weighted by Crippen LogP contribution is 2.51. The first kappa shape index (κ1) is 22.7. The monoisotopic (exact) mass is 490 g/mol. The number of rotatable bonds is 5. The molecule has 2 saturated heterocycles. The second-order valence-corrected chi connectivity index (χ2v) is 12.0. The van der Waals surface area contributed by atoms with E-state index in [2.05, 4.69) is 60.8 Å². The number of aromatic amines is 1. The molecule has 7 nitrogen and oxygen atoms in total. The van der Waals surface area contributed by atoms with Crippen LogP contribution in [0.3, 0.4) is 0 Å². The van der Waals surface area contributed by atoms with Crippen molar-refractivity contribution in [2.45, 2.75) is 71.8 Å². The lowest BCUT2D eigenvalue weighted by Crippen LogP contribution is -2.53. The van der Waals surface area contributed by atoms with Crippen molar-refractivity contribution < 1.29 is 4.79 Å². The Hall–Kier alpha value is -2.71. The standard InChI is InChI=1S/C27H34N6OS/c1-13(2)22-23-16(5)25(19-8-18-7-6-17(19)9-32(18)11-21(28)34)35-27(23)31-24(22)20-10-33-26(29-12-30-33)15(4)14(20)3/h10,12-13,17-19,31H,6-9,11H2,1-5H3,(H2,28,34)/t17-,18?,19-/m0/s1. The maximum atomic E-state index is 11.6. The maximum Gasteiger partial charge on any atom is 0.231 e. The van der Waals surface area contributed by atoms with Crippen LogP contribution >= 0.6 is 11.3 Å². The summed E-state index contributed by atoms with van der Waals surface area (Å²) in [5.41, 5.74) is 14.1. The highest BCUT2D eigenvalue weighted by Gasteiger charge is 2.42. The van der Waals surface area contributed by atoms with Gasteiger partial charge in [-0.1, -0.05) is 13.8 Å². The quantitative estimate of drug-likeness (QED) is 0.410. The summed E-state index contributed by atoms with van der Waals surface area (Å²) in [5, 5.41) is 5.83. The fourth-order valence-corrected chi connectivity index (χ4v) is 8.21. The van der Waals surface area contributed by atoms with Crippen molar-refractivity contribution in [3.05, 3.63) is 39.7 Å². The third kappa shape index (κ3) is 3.44. The lowest BCUT2D eigenvalue weighted by Gasteiger charge is -2.49. The molecule has 2 aliphatic heterocycles. The van der Waals surface area contributed by atoms with Crippen molar-refractivity contribution in [2.24, 2.45) is 11.7 Å². The van der Waals surface area contributed by atoms with Gasteiger partial charge in [-0.2, -0.15) is 5.10 Å². The summed E-state index contributed by atoms with van der Waals surface area (Å²) in [5.74, 6) is 1.35. The number of hydrogen-bond donors (Lipinski definition) is 2. The van der Waals surface area contributed by atoms with Crippen molar-refractivity contribution in [1.82, 2.24) is 24.5 Å². The number of primary amides is 1. The fraction of sp³-hybridized carbons (Fsp3) is 0.519. The number of hydrogen-bond acceptors (Lipinski definition) is 5. The van der Waals surface area contributed by atoms with Gasteiger partial charge in [0, 0.05) is 34.6 Å². The minimum atomic E-state index is -0.210. The molecule has 0 spiro atoms. The van der Waals surface area contributed by atoms with Crippen LogP contribution in [0.1, 0.15) is 72.1 Å². The Kier molecular flexibility index (Phi) is 5.30. The highest BCUT2D eigenvalue weighted by atomic mass is 32.1. The number of amides is 1. The van der Waals surface area contributed by atoms with Crippen LogP contribution in [0.25, 0.3) is 27.1 Å². The van der Waals surface area contributed by atoms with Gasteiger partial charge >= 0.3 is 0 Å². The summed E-state index contributed by atoms with van der Waals surface area (Å²) in [6.07, 6.45) is 7.31. The average Bonchev–Trinajstić information content (AvgIpc) is 3.51. The lowest BCUT2D eigenvalue weighted by atomic mass is 9.70. The molecule has 6 heterocycles. The first-order valence-corrected chi connectivity index (χ1v) is 13.5. The van der Waals surface area contributed by atoms with E-state index in [0.29, 0.717) is 30.3 Å². The number of nitrogens with two attached hydrogens (primary N) is 1. The number of thiophene rings is 1. The second kappa shape index (κ2) is 8.17. The average molecular weight is 491 g/mol. The molecule has 3 fully saturated rings. The number of aryl methyl sites for hydroxylation is 2. The third-order valence-electron chi connectivity index (χ3n) is 8.58. The van der Waals surface area contributed by atoms with Crippen molar-refractivity contribution in [1.29, 1.82) is 0 Å². The topological polar surface area (TPSA) is 92.3 Å². The predicted octanol–water partition coefficient (Wildman–Crippen LogP) is 5.04. The van der Waals surface area contributed by atoms with Gasteiger partial charge in [0.05, 0.1) is 12.2 Å². The molecule has 3 aliphatic rings. The normalized spacial score (nSPS) is 22.7. The van der Waals surface area contributed by atoms with E-state index in [1.807, 2.05) is 15.9 Å². The van der Waals surface area contributed by atoms with Crippen molar-refractivity contribution in [3.63, 3.8) is 0 Å².